The Labute approximate surface area is 201 Å². The van der Waals surface area contributed by atoms with E-state index in [0.717, 1.165) is 40.7 Å². The van der Waals surface area contributed by atoms with Crippen LogP contribution in [-0.4, -0.2) is 36.1 Å². The van der Waals surface area contributed by atoms with E-state index in [4.69, 9.17) is 0 Å². The van der Waals surface area contributed by atoms with Crippen molar-refractivity contribution in [1.29, 1.82) is 0 Å². The topological polar surface area (TPSA) is 79.7 Å². The van der Waals surface area contributed by atoms with Gasteiger partial charge in [0, 0.05) is 18.2 Å². The lowest BCUT2D eigenvalue weighted by atomic mass is 9.94. The van der Waals surface area contributed by atoms with Gasteiger partial charge in [0.15, 0.2) is 5.82 Å². The number of aromatic amines is 1. The van der Waals surface area contributed by atoms with Gasteiger partial charge in [-0.1, -0.05) is 64.2 Å². The molecule has 2 fully saturated rings. The monoisotopic (exact) mass is 462 g/mol. The Bertz CT molecular complexity index is 1170. The molecule has 1 aromatic carbocycles. The molecule has 3 aromatic rings. The van der Waals surface area contributed by atoms with Crippen LogP contribution in [0, 0.1) is 12.8 Å². The first-order valence-corrected chi connectivity index (χ1v) is 13.2. The fraction of sp³-hybridized carbons (Fsp3) is 0.630. The molecule has 2 aliphatic carbocycles. The van der Waals surface area contributed by atoms with Crippen molar-refractivity contribution in [2.75, 3.05) is 0 Å². The molecule has 2 aromatic heterocycles. The Morgan fingerprint density at radius 2 is 1.82 bits per heavy atom. The predicted octanol–water partition coefficient (Wildman–Crippen LogP) is 5.47. The Balaban J connectivity index is 1.54. The van der Waals surface area contributed by atoms with E-state index >= 15 is 0 Å². The number of benzene rings is 1. The first-order valence-electron chi connectivity index (χ1n) is 13.2. The maximum Gasteiger partial charge on any atom is 0.252 e. The first-order chi connectivity index (χ1) is 16.5. The fourth-order valence-electron chi connectivity index (χ4n) is 6.24. The highest BCUT2D eigenvalue weighted by molar-refractivity contribution is 5.81. The van der Waals surface area contributed by atoms with Crippen LogP contribution in [0.15, 0.2) is 29.1 Å². The second-order valence-electron chi connectivity index (χ2n) is 10.7. The average molecular weight is 463 g/mol. The molecule has 1 unspecified atom stereocenters. The zero-order valence-electron chi connectivity index (χ0n) is 20.8. The number of nitrogens with one attached hydrogen (secondary N) is 1. The first kappa shape index (κ1) is 23.2. The van der Waals surface area contributed by atoms with E-state index in [-0.39, 0.29) is 11.6 Å². The highest BCUT2D eigenvalue weighted by atomic mass is 16.1. The number of pyridine rings is 1. The number of aromatic nitrogens is 5. The molecule has 1 atom stereocenters. The molecule has 1 N–H and O–H groups in total. The quantitative estimate of drug-likeness (QED) is 0.504. The van der Waals surface area contributed by atoms with Crippen LogP contribution in [0.2, 0.25) is 0 Å². The fourth-order valence-corrected chi connectivity index (χ4v) is 6.24. The standard InChI is InChI=1S/C27H38N6O/c1-18(2)25(26-29-30-31-33(26)23-14-5-4-6-15-23)32(22-12-7-8-13-22)17-21-16-20-11-9-10-19(3)24(20)28-27(21)34/h9-11,16,18,22-23,25H,4-8,12-15,17H2,1-3H3,(H,28,34). The van der Waals surface area contributed by atoms with Gasteiger partial charge < -0.3 is 4.98 Å². The lowest BCUT2D eigenvalue weighted by Crippen LogP contribution is -2.41. The minimum Gasteiger partial charge on any atom is -0.321 e. The SMILES string of the molecule is Cc1cccc2cc(CN(C3CCCC3)C(c3nnnn3C3CCCCC3)C(C)C)c(=O)[nH]c12. The minimum absolute atomic E-state index is 0.0131. The van der Waals surface area contributed by atoms with Crippen molar-refractivity contribution >= 4 is 10.9 Å². The molecule has 2 saturated carbocycles. The second kappa shape index (κ2) is 9.98. The van der Waals surface area contributed by atoms with Crippen LogP contribution in [0.5, 0.6) is 0 Å². The summed E-state index contributed by atoms with van der Waals surface area (Å²) in [4.78, 5) is 18.9. The van der Waals surface area contributed by atoms with Gasteiger partial charge >= 0.3 is 0 Å². The van der Waals surface area contributed by atoms with Crippen molar-refractivity contribution in [1.82, 2.24) is 30.1 Å². The molecular formula is C27H38N6O. The zero-order valence-corrected chi connectivity index (χ0v) is 20.8. The Morgan fingerprint density at radius 1 is 1.09 bits per heavy atom. The Kier molecular flexibility index (Phi) is 6.82. The van der Waals surface area contributed by atoms with E-state index in [0.29, 0.717) is 24.5 Å². The minimum atomic E-state index is 0.0131. The summed E-state index contributed by atoms with van der Waals surface area (Å²) in [5.74, 6) is 1.30. The molecule has 2 heterocycles. The number of tetrazole rings is 1. The lowest BCUT2D eigenvalue weighted by molar-refractivity contribution is 0.0815. The molecule has 0 saturated heterocycles. The van der Waals surface area contributed by atoms with Gasteiger partial charge in [-0.3, -0.25) is 9.69 Å². The molecule has 0 bridgehead atoms. The summed E-state index contributed by atoms with van der Waals surface area (Å²) in [5.41, 5.74) is 2.87. The molecule has 0 radical (unpaired) electrons. The molecule has 34 heavy (non-hydrogen) atoms. The van der Waals surface area contributed by atoms with Crippen molar-refractivity contribution in [2.24, 2.45) is 5.92 Å². The highest BCUT2D eigenvalue weighted by Gasteiger charge is 2.36. The largest absolute Gasteiger partial charge is 0.321 e. The summed E-state index contributed by atoms with van der Waals surface area (Å²) in [6, 6.07) is 9.18. The van der Waals surface area contributed by atoms with E-state index in [1.54, 1.807) is 0 Å². The third kappa shape index (κ3) is 4.54. The van der Waals surface area contributed by atoms with Crippen LogP contribution in [0.3, 0.4) is 0 Å². The summed E-state index contributed by atoms with van der Waals surface area (Å²) in [7, 11) is 0. The summed E-state index contributed by atoms with van der Waals surface area (Å²) in [6.07, 6.45) is 10.9. The molecule has 7 nitrogen and oxygen atoms in total. The average Bonchev–Trinajstić information content (AvgIpc) is 3.53. The number of para-hydroxylation sites is 1. The van der Waals surface area contributed by atoms with Gasteiger partial charge in [-0.05, 0) is 66.0 Å². The maximum absolute atomic E-state index is 13.2. The molecule has 0 aliphatic heterocycles. The second-order valence-corrected chi connectivity index (χ2v) is 10.7. The molecular weight excluding hydrogens is 424 g/mol. The smallest absolute Gasteiger partial charge is 0.252 e. The lowest BCUT2D eigenvalue weighted by Gasteiger charge is -2.38. The summed E-state index contributed by atoms with van der Waals surface area (Å²) < 4.78 is 2.12. The Hall–Kier alpha value is -2.54. The van der Waals surface area contributed by atoms with Gasteiger partial charge in [0.25, 0.3) is 5.56 Å². The van der Waals surface area contributed by atoms with Gasteiger partial charge in [-0.15, -0.1) is 5.10 Å². The van der Waals surface area contributed by atoms with Crippen molar-refractivity contribution in [3.63, 3.8) is 0 Å². The third-order valence-electron chi connectivity index (χ3n) is 8.00. The van der Waals surface area contributed by atoms with Gasteiger partial charge in [0.05, 0.1) is 17.6 Å². The van der Waals surface area contributed by atoms with Crippen LogP contribution in [0.4, 0.5) is 0 Å². The molecule has 5 rings (SSSR count). The molecule has 0 spiro atoms. The van der Waals surface area contributed by atoms with E-state index in [1.165, 1.54) is 44.9 Å². The van der Waals surface area contributed by atoms with E-state index in [9.17, 15) is 4.79 Å². The number of fused-ring (bicyclic) bond motifs is 1. The third-order valence-corrected chi connectivity index (χ3v) is 8.00. The molecule has 7 heteroatoms. The number of nitrogens with zero attached hydrogens (tertiary/aromatic N) is 5. The summed E-state index contributed by atoms with van der Waals surface area (Å²) >= 11 is 0. The summed E-state index contributed by atoms with van der Waals surface area (Å²) in [6.45, 7) is 7.19. The van der Waals surface area contributed by atoms with Crippen LogP contribution in [0.1, 0.15) is 101 Å². The van der Waals surface area contributed by atoms with Gasteiger partial charge in [0.1, 0.15) is 0 Å². The molecule has 182 valence electrons. The van der Waals surface area contributed by atoms with Crippen molar-refractivity contribution < 1.29 is 0 Å². The number of rotatable bonds is 7. The number of hydrogen-bond acceptors (Lipinski definition) is 5. The highest BCUT2D eigenvalue weighted by Crippen LogP contribution is 2.38. The maximum atomic E-state index is 13.2. The van der Waals surface area contributed by atoms with Crippen LogP contribution < -0.4 is 5.56 Å². The van der Waals surface area contributed by atoms with Crippen LogP contribution in [0.25, 0.3) is 10.9 Å². The number of aryl methyl sites for hydroxylation is 1. The Morgan fingerprint density at radius 3 is 2.56 bits per heavy atom. The van der Waals surface area contributed by atoms with E-state index in [2.05, 4.69) is 62.1 Å². The van der Waals surface area contributed by atoms with E-state index < -0.39 is 0 Å². The van der Waals surface area contributed by atoms with Crippen molar-refractivity contribution in [3.05, 3.63) is 51.6 Å². The van der Waals surface area contributed by atoms with Gasteiger partial charge in [-0.2, -0.15) is 0 Å². The number of hydrogen-bond donors (Lipinski definition) is 1. The number of H-pyrrole nitrogens is 1. The predicted molar refractivity (Wildman–Crippen MR) is 135 cm³/mol. The molecule has 2 aliphatic rings. The zero-order chi connectivity index (χ0) is 23.7. The van der Waals surface area contributed by atoms with Gasteiger partial charge in [0.2, 0.25) is 0 Å². The van der Waals surface area contributed by atoms with Crippen molar-refractivity contribution in [3.8, 4) is 0 Å². The van der Waals surface area contributed by atoms with Crippen molar-refractivity contribution in [2.45, 2.75) is 103 Å². The van der Waals surface area contributed by atoms with Crippen LogP contribution in [-0.2, 0) is 6.54 Å². The van der Waals surface area contributed by atoms with E-state index in [1.807, 2.05) is 13.0 Å². The van der Waals surface area contributed by atoms with Crippen LogP contribution >= 0.6 is 0 Å². The summed E-state index contributed by atoms with van der Waals surface area (Å²) in [5, 5.41) is 14.3. The van der Waals surface area contributed by atoms with Gasteiger partial charge in [-0.25, -0.2) is 4.68 Å². The normalized spacial score (nSPS) is 19.0. The molecule has 0 amide bonds.